The van der Waals surface area contributed by atoms with Gasteiger partial charge in [0, 0.05) is 39.3 Å². The quantitative estimate of drug-likeness (QED) is 0.545. The molecule has 1 fully saturated rings. The summed E-state index contributed by atoms with van der Waals surface area (Å²) >= 11 is 0. The van der Waals surface area contributed by atoms with E-state index in [0.717, 1.165) is 58.4 Å². The van der Waals surface area contributed by atoms with Crippen molar-refractivity contribution in [2.75, 3.05) is 60.0 Å². The van der Waals surface area contributed by atoms with Gasteiger partial charge >= 0.3 is 0 Å². The van der Waals surface area contributed by atoms with Crippen LogP contribution in [0.2, 0.25) is 0 Å². The Morgan fingerprint density at radius 3 is 2.56 bits per heavy atom. The molecule has 0 unspecified atom stereocenters. The van der Waals surface area contributed by atoms with Crippen molar-refractivity contribution in [2.24, 2.45) is 4.99 Å². The Labute approximate surface area is 152 Å². The molecule has 1 aliphatic rings. The van der Waals surface area contributed by atoms with Crippen LogP contribution >= 0.6 is 0 Å². The summed E-state index contributed by atoms with van der Waals surface area (Å²) in [4.78, 5) is 9.38. The molecule has 0 aliphatic carbocycles. The molecule has 1 aromatic rings. The first kappa shape index (κ1) is 19.7. The highest BCUT2D eigenvalue weighted by Crippen LogP contribution is 2.11. The highest BCUT2D eigenvalue weighted by atomic mass is 16.5. The van der Waals surface area contributed by atoms with E-state index in [1.807, 2.05) is 0 Å². The van der Waals surface area contributed by atoms with Crippen molar-refractivity contribution >= 4 is 5.96 Å². The first-order chi connectivity index (χ1) is 12.2. The van der Waals surface area contributed by atoms with Crippen LogP contribution in [0.15, 0.2) is 29.3 Å². The number of nitrogens with zero attached hydrogens (tertiary/aromatic N) is 3. The van der Waals surface area contributed by atoms with Crippen LogP contribution in [-0.2, 0) is 17.8 Å². The molecule has 0 spiro atoms. The van der Waals surface area contributed by atoms with E-state index in [9.17, 15) is 0 Å². The zero-order valence-electron chi connectivity index (χ0n) is 15.9. The van der Waals surface area contributed by atoms with Crippen LogP contribution in [0.1, 0.15) is 18.1 Å². The molecule has 6 heteroatoms. The number of hydrogen-bond donors (Lipinski definition) is 2. The van der Waals surface area contributed by atoms with Crippen molar-refractivity contribution in [3.63, 3.8) is 0 Å². The van der Waals surface area contributed by atoms with Gasteiger partial charge in [0.2, 0.25) is 0 Å². The first-order valence-electron chi connectivity index (χ1n) is 9.23. The topological polar surface area (TPSA) is 52.1 Å². The summed E-state index contributed by atoms with van der Waals surface area (Å²) < 4.78 is 5.39. The minimum atomic E-state index is 0.691. The summed E-state index contributed by atoms with van der Waals surface area (Å²) in [7, 11) is 4.19. The highest BCUT2D eigenvalue weighted by Gasteiger charge is 2.09. The second kappa shape index (κ2) is 11.1. The van der Waals surface area contributed by atoms with Gasteiger partial charge in [-0.15, -0.1) is 0 Å². The number of morpholine rings is 1. The van der Waals surface area contributed by atoms with Gasteiger partial charge in [-0.05, 0) is 32.1 Å². The molecular formula is C19H33N5O. The standard InChI is InChI=1S/C19H33N5O/c1-4-20-19(21-9-10-24-11-13-25-14-12-24)22-15-17-7-5-6-8-18(17)16-23(2)3/h5-8H,4,9-16H2,1-3H3,(H2,20,21,22). The second-order valence-corrected chi connectivity index (χ2v) is 6.58. The van der Waals surface area contributed by atoms with Gasteiger partial charge in [0.05, 0.1) is 19.8 Å². The zero-order chi connectivity index (χ0) is 17.9. The smallest absolute Gasteiger partial charge is 0.191 e. The Morgan fingerprint density at radius 2 is 1.88 bits per heavy atom. The maximum absolute atomic E-state index is 5.39. The summed E-state index contributed by atoms with van der Waals surface area (Å²) in [5.74, 6) is 0.885. The first-order valence-corrected chi connectivity index (χ1v) is 9.23. The van der Waals surface area contributed by atoms with Crippen LogP contribution in [0.3, 0.4) is 0 Å². The van der Waals surface area contributed by atoms with Crippen molar-refractivity contribution in [1.29, 1.82) is 0 Å². The van der Waals surface area contributed by atoms with Gasteiger partial charge in [0.15, 0.2) is 5.96 Å². The Balaban J connectivity index is 1.88. The number of rotatable bonds is 8. The Bertz CT molecular complexity index is 526. The van der Waals surface area contributed by atoms with Gasteiger partial charge in [0.1, 0.15) is 0 Å². The largest absolute Gasteiger partial charge is 0.379 e. The van der Waals surface area contributed by atoms with E-state index in [1.165, 1.54) is 11.1 Å². The van der Waals surface area contributed by atoms with Gasteiger partial charge in [0.25, 0.3) is 0 Å². The van der Waals surface area contributed by atoms with Crippen molar-refractivity contribution in [2.45, 2.75) is 20.0 Å². The van der Waals surface area contributed by atoms with Crippen LogP contribution in [-0.4, -0.2) is 75.8 Å². The molecule has 0 saturated carbocycles. The SMILES string of the molecule is CCNC(=NCc1ccccc1CN(C)C)NCCN1CCOCC1. The van der Waals surface area contributed by atoms with Crippen LogP contribution in [0, 0.1) is 0 Å². The van der Waals surface area contributed by atoms with E-state index in [1.54, 1.807) is 0 Å². The summed E-state index contributed by atoms with van der Waals surface area (Å²) in [5.41, 5.74) is 2.61. The molecule has 6 nitrogen and oxygen atoms in total. The average molecular weight is 348 g/mol. The lowest BCUT2D eigenvalue weighted by atomic mass is 10.1. The van der Waals surface area contributed by atoms with Crippen molar-refractivity contribution in [3.8, 4) is 0 Å². The Morgan fingerprint density at radius 1 is 1.16 bits per heavy atom. The second-order valence-electron chi connectivity index (χ2n) is 6.58. The van der Waals surface area contributed by atoms with E-state index in [4.69, 9.17) is 9.73 Å². The van der Waals surface area contributed by atoms with Gasteiger partial charge in [-0.25, -0.2) is 4.99 Å². The Kier molecular flexibility index (Phi) is 8.72. The molecule has 1 aliphatic heterocycles. The van der Waals surface area contributed by atoms with Gasteiger partial charge in [-0.1, -0.05) is 24.3 Å². The summed E-state index contributed by atoms with van der Waals surface area (Å²) in [5, 5.41) is 6.78. The zero-order valence-corrected chi connectivity index (χ0v) is 15.9. The molecule has 0 radical (unpaired) electrons. The van der Waals surface area contributed by atoms with Gasteiger partial charge in [-0.2, -0.15) is 0 Å². The van der Waals surface area contributed by atoms with Crippen LogP contribution < -0.4 is 10.6 Å². The third kappa shape index (κ3) is 7.42. The maximum atomic E-state index is 5.39. The van der Waals surface area contributed by atoms with Gasteiger partial charge < -0.3 is 20.3 Å². The average Bonchev–Trinajstić information content (AvgIpc) is 2.61. The van der Waals surface area contributed by atoms with E-state index in [0.29, 0.717) is 6.54 Å². The van der Waals surface area contributed by atoms with Crippen LogP contribution in [0.25, 0.3) is 0 Å². The molecule has 1 saturated heterocycles. The van der Waals surface area contributed by atoms with Crippen molar-refractivity contribution in [1.82, 2.24) is 20.4 Å². The fourth-order valence-corrected chi connectivity index (χ4v) is 2.87. The van der Waals surface area contributed by atoms with Crippen molar-refractivity contribution < 1.29 is 4.74 Å². The lowest BCUT2D eigenvalue weighted by Gasteiger charge is -2.26. The number of ether oxygens (including phenoxy) is 1. The number of guanidine groups is 1. The number of nitrogens with one attached hydrogen (secondary N) is 2. The van der Waals surface area contributed by atoms with Crippen LogP contribution in [0.4, 0.5) is 0 Å². The molecular weight excluding hydrogens is 314 g/mol. The lowest BCUT2D eigenvalue weighted by molar-refractivity contribution is 0.0389. The van der Waals surface area contributed by atoms with E-state index in [-0.39, 0.29) is 0 Å². The molecule has 1 heterocycles. The molecule has 2 rings (SSSR count). The fraction of sp³-hybridized carbons (Fsp3) is 0.632. The Hall–Kier alpha value is -1.63. The van der Waals surface area contributed by atoms with Crippen LogP contribution in [0.5, 0.6) is 0 Å². The third-order valence-corrected chi connectivity index (χ3v) is 4.18. The number of aliphatic imine (C=N–C) groups is 1. The molecule has 25 heavy (non-hydrogen) atoms. The highest BCUT2D eigenvalue weighted by molar-refractivity contribution is 5.79. The molecule has 1 aromatic carbocycles. The number of hydrogen-bond acceptors (Lipinski definition) is 4. The summed E-state index contributed by atoms with van der Waals surface area (Å²) in [6.07, 6.45) is 0. The van der Waals surface area contributed by atoms with E-state index >= 15 is 0 Å². The number of benzene rings is 1. The minimum Gasteiger partial charge on any atom is -0.379 e. The molecule has 0 amide bonds. The predicted octanol–water partition coefficient (Wildman–Crippen LogP) is 1.14. The summed E-state index contributed by atoms with van der Waals surface area (Å²) in [6.45, 7) is 10.2. The third-order valence-electron chi connectivity index (χ3n) is 4.18. The van der Waals surface area contributed by atoms with Crippen molar-refractivity contribution in [3.05, 3.63) is 35.4 Å². The van der Waals surface area contributed by atoms with Gasteiger partial charge in [-0.3, -0.25) is 4.90 Å². The van der Waals surface area contributed by atoms with E-state index in [2.05, 4.69) is 65.7 Å². The molecule has 0 atom stereocenters. The molecule has 0 aromatic heterocycles. The molecule has 0 bridgehead atoms. The fourth-order valence-electron chi connectivity index (χ4n) is 2.87. The van der Waals surface area contributed by atoms with E-state index < -0.39 is 0 Å². The molecule has 2 N–H and O–H groups in total. The maximum Gasteiger partial charge on any atom is 0.191 e. The molecule has 140 valence electrons. The summed E-state index contributed by atoms with van der Waals surface area (Å²) in [6, 6.07) is 8.53. The lowest BCUT2D eigenvalue weighted by Crippen LogP contribution is -2.44. The predicted molar refractivity (Wildman–Crippen MR) is 104 cm³/mol. The monoisotopic (exact) mass is 347 g/mol. The normalized spacial score (nSPS) is 16.2. The minimum absolute atomic E-state index is 0.691.